The summed E-state index contributed by atoms with van der Waals surface area (Å²) in [5, 5.41) is 8.85. The van der Waals surface area contributed by atoms with Crippen LogP contribution >= 0.6 is 11.6 Å². The lowest BCUT2D eigenvalue weighted by molar-refractivity contribution is 0.560. The molecule has 2 N–H and O–H groups in total. The van der Waals surface area contributed by atoms with Crippen LogP contribution in [0.3, 0.4) is 0 Å². The molecule has 2 heterocycles. The molecule has 20 heavy (non-hydrogen) atoms. The number of benzene rings is 1. The van der Waals surface area contributed by atoms with Crippen LogP contribution < -0.4 is 10.6 Å². The molecule has 1 aromatic carbocycles. The van der Waals surface area contributed by atoms with E-state index in [1.807, 2.05) is 13.0 Å². The molecule has 1 unspecified atom stereocenters. The minimum atomic E-state index is 0.144. The number of fused-ring (bicyclic) bond motifs is 1. The van der Waals surface area contributed by atoms with Crippen molar-refractivity contribution >= 4 is 17.3 Å². The zero-order valence-electron chi connectivity index (χ0n) is 11.5. The molecule has 6 heteroatoms. The van der Waals surface area contributed by atoms with Crippen molar-refractivity contribution in [3.05, 3.63) is 40.9 Å². The second kappa shape index (κ2) is 5.42. The van der Waals surface area contributed by atoms with Gasteiger partial charge >= 0.3 is 0 Å². The van der Waals surface area contributed by atoms with E-state index in [1.165, 1.54) is 5.56 Å². The molecule has 0 spiro atoms. The van der Waals surface area contributed by atoms with Gasteiger partial charge in [-0.05, 0) is 31.0 Å². The van der Waals surface area contributed by atoms with E-state index in [0.29, 0.717) is 0 Å². The number of hydrogen-bond donors (Lipinski definition) is 1. The maximum atomic E-state index is 6.42. The molecule has 1 atom stereocenters. The fourth-order valence-electron chi connectivity index (χ4n) is 2.58. The zero-order chi connectivity index (χ0) is 14.1. The number of nitrogens with two attached hydrogens (primary N) is 1. The fraction of sp³-hybridized carbons (Fsp3) is 0.429. The smallest absolute Gasteiger partial charge is 0.152 e. The fourth-order valence-corrected chi connectivity index (χ4v) is 2.90. The van der Waals surface area contributed by atoms with Crippen molar-refractivity contribution < 1.29 is 0 Å². The molecule has 0 radical (unpaired) electrons. The van der Waals surface area contributed by atoms with Crippen molar-refractivity contribution in [1.82, 2.24) is 14.8 Å². The third-order valence-corrected chi connectivity index (χ3v) is 3.85. The van der Waals surface area contributed by atoms with Gasteiger partial charge in [0.05, 0.1) is 17.3 Å². The van der Waals surface area contributed by atoms with Crippen molar-refractivity contribution in [2.45, 2.75) is 32.5 Å². The van der Waals surface area contributed by atoms with Crippen molar-refractivity contribution in [1.29, 1.82) is 0 Å². The van der Waals surface area contributed by atoms with E-state index in [-0.39, 0.29) is 6.04 Å². The molecule has 0 amide bonds. The Bertz CT molecular complexity index is 607. The monoisotopic (exact) mass is 291 g/mol. The first-order valence-electron chi connectivity index (χ1n) is 6.79. The first-order valence-corrected chi connectivity index (χ1v) is 7.17. The Balaban J connectivity index is 1.81. The molecule has 3 rings (SSSR count). The molecule has 0 bridgehead atoms. The van der Waals surface area contributed by atoms with E-state index < -0.39 is 0 Å². The number of hydrogen-bond acceptors (Lipinski definition) is 4. The molecule has 0 aliphatic carbocycles. The Kier molecular flexibility index (Phi) is 3.63. The summed E-state index contributed by atoms with van der Waals surface area (Å²) in [6.45, 7) is 4.54. The minimum Gasteiger partial charge on any atom is -0.361 e. The number of nitrogens with zero attached hydrogens (tertiary/aromatic N) is 4. The topological polar surface area (TPSA) is 60.0 Å². The van der Waals surface area contributed by atoms with E-state index in [2.05, 4.69) is 31.8 Å². The molecule has 106 valence electrons. The Hall–Kier alpha value is -1.59. The Morgan fingerprint density at radius 1 is 1.40 bits per heavy atom. The summed E-state index contributed by atoms with van der Waals surface area (Å²) in [7, 11) is 0. The molecule has 0 fully saturated rings. The summed E-state index contributed by atoms with van der Waals surface area (Å²) >= 11 is 6.42. The summed E-state index contributed by atoms with van der Waals surface area (Å²) in [5.41, 5.74) is 8.05. The largest absolute Gasteiger partial charge is 0.361 e. The van der Waals surface area contributed by atoms with Crippen LogP contribution in [0.4, 0.5) is 5.69 Å². The number of rotatable bonds is 3. The molecular formula is C14H18ClN5. The van der Waals surface area contributed by atoms with Gasteiger partial charge in [-0.25, -0.2) is 0 Å². The molecule has 0 saturated heterocycles. The van der Waals surface area contributed by atoms with Crippen LogP contribution in [0.25, 0.3) is 0 Å². The van der Waals surface area contributed by atoms with E-state index in [1.54, 1.807) is 6.33 Å². The molecular weight excluding hydrogens is 274 g/mol. The van der Waals surface area contributed by atoms with Gasteiger partial charge in [-0.2, -0.15) is 0 Å². The van der Waals surface area contributed by atoms with Crippen LogP contribution in [0.2, 0.25) is 5.02 Å². The summed E-state index contributed by atoms with van der Waals surface area (Å²) in [4.78, 5) is 2.24. The summed E-state index contributed by atoms with van der Waals surface area (Å²) in [6.07, 6.45) is 2.62. The van der Waals surface area contributed by atoms with E-state index in [9.17, 15) is 0 Å². The quantitative estimate of drug-likeness (QED) is 0.937. The zero-order valence-corrected chi connectivity index (χ0v) is 12.2. The first-order chi connectivity index (χ1) is 9.63. The summed E-state index contributed by atoms with van der Waals surface area (Å²) in [5.74, 6) is 0.979. The van der Waals surface area contributed by atoms with Gasteiger partial charge in [0.2, 0.25) is 0 Å². The van der Waals surface area contributed by atoms with Crippen LogP contribution in [-0.2, 0) is 19.5 Å². The molecule has 1 aliphatic heterocycles. The lowest BCUT2D eigenvalue weighted by atomic mass is 10.1. The Morgan fingerprint density at radius 2 is 2.25 bits per heavy atom. The van der Waals surface area contributed by atoms with Gasteiger partial charge in [-0.15, -0.1) is 10.2 Å². The molecule has 2 aromatic rings. The lowest BCUT2D eigenvalue weighted by Crippen LogP contribution is -2.33. The highest BCUT2D eigenvalue weighted by Gasteiger charge is 2.19. The van der Waals surface area contributed by atoms with Crippen LogP contribution in [-0.4, -0.2) is 27.4 Å². The second-order valence-electron chi connectivity index (χ2n) is 5.33. The highest BCUT2D eigenvalue weighted by atomic mass is 35.5. The van der Waals surface area contributed by atoms with Gasteiger partial charge in [-0.1, -0.05) is 17.7 Å². The average molecular weight is 292 g/mol. The van der Waals surface area contributed by atoms with Crippen LogP contribution in [0.1, 0.15) is 18.3 Å². The maximum Gasteiger partial charge on any atom is 0.152 e. The Morgan fingerprint density at radius 3 is 3.00 bits per heavy atom. The van der Waals surface area contributed by atoms with E-state index >= 15 is 0 Å². The lowest BCUT2D eigenvalue weighted by Gasteiger charge is -2.29. The van der Waals surface area contributed by atoms with Crippen molar-refractivity contribution in [3.8, 4) is 0 Å². The van der Waals surface area contributed by atoms with Gasteiger partial charge in [0.15, 0.2) is 5.82 Å². The first kappa shape index (κ1) is 13.4. The molecule has 5 nitrogen and oxygen atoms in total. The Labute approximate surface area is 123 Å². The number of aromatic nitrogens is 3. The minimum absolute atomic E-state index is 0.144. The van der Waals surface area contributed by atoms with Gasteiger partial charge in [-0.3, -0.25) is 0 Å². The second-order valence-corrected chi connectivity index (χ2v) is 5.74. The van der Waals surface area contributed by atoms with Crippen molar-refractivity contribution in [2.75, 3.05) is 11.4 Å². The summed E-state index contributed by atoms with van der Waals surface area (Å²) < 4.78 is 2.08. The van der Waals surface area contributed by atoms with Crippen LogP contribution in [0.5, 0.6) is 0 Å². The number of anilines is 1. The van der Waals surface area contributed by atoms with Crippen molar-refractivity contribution in [2.24, 2.45) is 5.73 Å². The standard InChI is InChI=1S/C14H18ClN5/c1-10(16)6-11-2-3-13(12(15)7-11)19-4-5-20-9-17-18-14(20)8-19/h2-3,7,9-10H,4-6,8,16H2,1H3. The van der Waals surface area contributed by atoms with Gasteiger partial charge in [0.1, 0.15) is 6.33 Å². The maximum absolute atomic E-state index is 6.42. The highest BCUT2D eigenvalue weighted by molar-refractivity contribution is 6.33. The summed E-state index contributed by atoms with van der Waals surface area (Å²) in [6, 6.07) is 6.33. The van der Waals surface area contributed by atoms with E-state index in [4.69, 9.17) is 17.3 Å². The molecule has 1 aliphatic rings. The van der Waals surface area contributed by atoms with Gasteiger partial charge in [0.25, 0.3) is 0 Å². The van der Waals surface area contributed by atoms with Crippen LogP contribution in [0.15, 0.2) is 24.5 Å². The molecule has 0 saturated carbocycles. The number of halogens is 1. The predicted octanol–water partition coefficient (Wildman–Crippen LogP) is 1.84. The van der Waals surface area contributed by atoms with Crippen molar-refractivity contribution in [3.63, 3.8) is 0 Å². The third kappa shape index (κ3) is 2.64. The third-order valence-electron chi connectivity index (χ3n) is 3.55. The average Bonchev–Trinajstić information content (AvgIpc) is 2.85. The SMILES string of the molecule is CC(N)Cc1ccc(N2CCn3cnnc3C2)c(Cl)c1. The normalized spacial score (nSPS) is 16.1. The van der Waals surface area contributed by atoms with E-state index in [0.717, 1.165) is 42.6 Å². The predicted molar refractivity (Wildman–Crippen MR) is 79.9 cm³/mol. The van der Waals surface area contributed by atoms with Gasteiger partial charge in [0, 0.05) is 19.1 Å². The van der Waals surface area contributed by atoms with Crippen LogP contribution in [0, 0.1) is 0 Å². The van der Waals surface area contributed by atoms with Gasteiger partial charge < -0.3 is 15.2 Å². The highest BCUT2D eigenvalue weighted by Crippen LogP contribution is 2.29. The molecule has 1 aromatic heterocycles.